The molecule has 5 nitrogen and oxygen atoms in total. The van der Waals surface area contributed by atoms with Crippen LogP contribution in [-0.4, -0.2) is 41.5 Å². The van der Waals surface area contributed by atoms with Crippen LogP contribution >= 0.6 is 0 Å². The standard InChI is InChI=1S/C14H17FN2O3/c1-17(10-6-2-3-8-16-13(10)19)14(20)12-9(15)5-4-7-11(12)18/h4-5,7,10,18H,2-3,6,8H2,1H3,(H,16,19)/t10-/m0/s1. The maximum Gasteiger partial charge on any atom is 0.261 e. The van der Waals surface area contributed by atoms with Crippen molar-refractivity contribution in [2.75, 3.05) is 13.6 Å². The predicted octanol–water partition coefficient (Wildman–Crippen LogP) is 1.27. The lowest BCUT2D eigenvalue weighted by Gasteiger charge is -2.26. The van der Waals surface area contributed by atoms with E-state index >= 15 is 0 Å². The van der Waals surface area contributed by atoms with Crippen molar-refractivity contribution in [3.63, 3.8) is 0 Å². The third-order valence-corrected chi connectivity index (χ3v) is 3.50. The van der Waals surface area contributed by atoms with Crippen molar-refractivity contribution in [1.82, 2.24) is 10.2 Å². The fourth-order valence-electron chi connectivity index (χ4n) is 2.34. The number of nitrogens with zero attached hydrogens (tertiary/aromatic N) is 1. The summed E-state index contributed by atoms with van der Waals surface area (Å²) in [5.74, 6) is -2.15. The van der Waals surface area contributed by atoms with Crippen LogP contribution in [0.5, 0.6) is 5.75 Å². The number of nitrogens with one attached hydrogen (secondary N) is 1. The van der Waals surface area contributed by atoms with E-state index in [4.69, 9.17) is 0 Å². The molecule has 1 aromatic rings. The van der Waals surface area contributed by atoms with Gasteiger partial charge < -0.3 is 15.3 Å². The van der Waals surface area contributed by atoms with Crippen LogP contribution in [0, 0.1) is 5.82 Å². The normalized spacial score (nSPS) is 19.1. The topological polar surface area (TPSA) is 69.6 Å². The number of benzene rings is 1. The van der Waals surface area contributed by atoms with Crippen molar-refractivity contribution in [2.24, 2.45) is 0 Å². The Morgan fingerprint density at radius 2 is 2.20 bits per heavy atom. The monoisotopic (exact) mass is 280 g/mol. The highest BCUT2D eigenvalue weighted by Crippen LogP contribution is 2.23. The van der Waals surface area contributed by atoms with E-state index in [1.165, 1.54) is 24.1 Å². The number of amides is 2. The molecular weight excluding hydrogens is 263 g/mol. The van der Waals surface area contributed by atoms with Crippen LogP contribution in [0.3, 0.4) is 0 Å². The second-order valence-corrected chi connectivity index (χ2v) is 4.85. The molecule has 2 N–H and O–H groups in total. The number of rotatable bonds is 2. The largest absolute Gasteiger partial charge is 0.507 e. The van der Waals surface area contributed by atoms with Gasteiger partial charge in [-0.3, -0.25) is 9.59 Å². The van der Waals surface area contributed by atoms with Gasteiger partial charge in [-0.1, -0.05) is 6.07 Å². The molecule has 0 spiro atoms. The molecule has 0 bridgehead atoms. The first-order valence-electron chi connectivity index (χ1n) is 6.54. The van der Waals surface area contributed by atoms with Crippen LogP contribution in [0.15, 0.2) is 18.2 Å². The molecule has 1 saturated heterocycles. The average Bonchev–Trinajstić information content (AvgIpc) is 2.62. The highest BCUT2D eigenvalue weighted by Gasteiger charge is 2.30. The van der Waals surface area contributed by atoms with Gasteiger partial charge in [-0.2, -0.15) is 0 Å². The number of likely N-dealkylation sites (N-methyl/N-ethyl adjacent to an activating group) is 1. The van der Waals surface area contributed by atoms with Gasteiger partial charge in [0, 0.05) is 13.6 Å². The Hall–Kier alpha value is -2.11. The molecule has 1 atom stereocenters. The Kier molecular flexibility index (Phi) is 4.22. The Bertz CT molecular complexity index is 513. The molecule has 1 aromatic carbocycles. The highest BCUT2D eigenvalue weighted by molar-refractivity contribution is 5.99. The lowest BCUT2D eigenvalue weighted by molar-refractivity contribution is -0.125. The summed E-state index contributed by atoms with van der Waals surface area (Å²) < 4.78 is 13.7. The van der Waals surface area contributed by atoms with Crippen LogP contribution in [0.4, 0.5) is 4.39 Å². The molecule has 0 saturated carbocycles. The van der Waals surface area contributed by atoms with E-state index in [1.54, 1.807) is 0 Å². The molecular formula is C14H17FN2O3. The van der Waals surface area contributed by atoms with Crippen LogP contribution in [-0.2, 0) is 4.79 Å². The van der Waals surface area contributed by atoms with Crippen molar-refractivity contribution in [1.29, 1.82) is 0 Å². The van der Waals surface area contributed by atoms with E-state index in [0.29, 0.717) is 13.0 Å². The molecule has 0 aliphatic carbocycles. The average molecular weight is 280 g/mol. The number of phenols is 1. The third-order valence-electron chi connectivity index (χ3n) is 3.50. The molecule has 6 heteroatoms. The maximum absolute atomic E-state index is 13.7. The van der Waals surface area contributed by atoms with E-state index in [0.717, 1.165) is 18.9 Å². The van der Waals surface area contributed by atoms with E-state index in [9.17, 15) is 19.1 Å². The Morgan fingerprint density at radius 1 is 1.45 bits per heavy atom. The van der Waals surface area contributed by atoms with Crippen LogP contribution in [0.2, 0.25) is 0 Å². The fourth-order valence-corrected chi connectivity index (χ4v) is 2.34. The summed E-state index contributed by atoms with van der Waals surface area (Å²) in [4.78, 5) is 25.4. The van der Waals surface area contributed by atoms with Crippen molar-refractivity contribution < 1.29 is 19.1 Å². The molecule has 1 aliphatic heterocycles. The number of halogens is 1. The number of carbonyl (C=O) groups excluding carboxylic acids is 2. The van der Waals surface area contributed by atoms with Crippen LogP contribution in [0.25, 0.3) is 0 Å². The van der Waals surface area contributed by atoms with Gasteiger partial charge in [0.1, 0.15) is 23.2 Å². The zero-order valence-electron chi connectivity index (χ0n) is 11.2. The SMILES string of the molecule is CN(C(=O)c1c(O)cccc1F)[C@H]1CCCCNC1=O. The fraction of sp³-hybridized carbons (Fsp3) is 0.429. The smallest absolute Gasteiger partial charge is 0.261 e. The van der Waals surface area contributed by atoms with Gasteiger partial charge in [-0.15, -0.1) is 0 Å². The number of hydrogen-bond acceptors (Lipinski definition) is 3. The van der Waals surface area contributed by atoms with E-state index < -0.39 is 29.1 Å². The first kappa shape index (κ1) is 14.3. The molecule has 20 heavy (non-hydrogen) atoms. The van der Waals surface area contributed by atoms with Crippen molar-refractivity contribution >= 4 is 11.8 Å². The van der Waals surface area contributed by atoms with Gasteiger partial charge in [-0.05, 0) is 31.4 Å². The Labute approximate surface area is 116 Å². The van der Waals surface area contributed by atoms with Gasteiger partial charge in [0.2, 0.25) is 5.91 Å². The number of aromatic hydroxyl groups is 1. The lowest BCUT2D eigenvalue weighted by atomic mass is 10.1. The second kappa shape index (κ2) is 5.90. The third kappa shape index (κ3) is 2.74. The molecule has 1 fully saturated rings. The first-order valence-corrected chi connectivity index (χ1v) is 6.54. The molecule has 108 valence electrons. The molecule has 2 amide bonds. The van der Waals surface area contributed by atoms with Gasteiger partial charge >= 0.3 is 0 Å². The quantitative estimate of drug-likeness (QED) is 0.857. The number of phenolic OH excluding ortho intramolecular Hbond substituents is 1. The molecule has 1 aliphatic rings. The number of hydrogen-bond donors (Lipinski definition) is 2. The molecule has 2 rings (SSSR count). The summed E-state index contributed by atoms with van der Waals surface area (Å²) in [6, 6.07) is 3.04. The van der Waals surface area contributed by atoms with Crippen molar-refractivity contribution in [2.45, 2.75) is 25.3 Å². The Balaban J connectivity index is 2.25. The molecule has 0 aromatic heterocycles. The first-order chi connectivity index (χ1) is 9.52. The van der Waals surface area contributed by atoms with E-state index in [-0.39, 0.29) is 5.91 Å². The summed E-state index contributed by atoms with van der Waals surface area (Å²) in [7, 11) is 1.45. The molecule has 0 radical (unpaired) electrons. The summed E-state index contributed by atoms with van der Waals surface area (Å²) >= 11 is 0. The maximum atomic E-state index is 13.7. The van der Waals surface area contributed by atoms with Crippen LogP contribution in [0.1, 0.15) is 29.6 Å². The van der Waals surface area contributed by atoms with Crippen molar-refractivity contribution in [3.8, 4) is 5.75 Å². The van der Waals surface area contributed by atoms with E-state index in [2.05, 4.69) is 5.32 Å². The number of carbonyl (C=O) groups is 2. The zero-order chi connectivity index (χ0) is 14.7. The molecule has 0 unspecified atom stereocenters. The van der Waals surface area contributed by atoms with Gasteiger partial charge in [0.15, 0.2) is 0 Å². The van der Waals surface area contributed by atoms with Gasteiger partial charge in [0.25, 0.3) is 5.91 Å². The van der Waals surface area contributed by atoms with Crippen LogP contribution < -0.4 is 5.32 Å². The van der Waals surface area contributed by atoms with E-state index in [1.807, 2.05) is 0 Å². The summed E-state index contributed by atoms with van der Waals surface area (Å²) in [6.07, 6.45) is 2.20. The van der Waals surface area contributed by atoms with Gasteiger partial charge in [0.05, 0.1) is 0 Å². The van der Waals surface area contributed by atoms with Gasteiger partial charge in [-0.25, -0.2) is 4.39 Å². The predicted molar refractivity (Wildman–Crippen MR) is 70.8 cm³/mol. The summed E-state index contributed by atoms with van der Waals surface area (Å²) in [6.45, 7) is 0.586. The molecule has 1 heterocycles. The summed E-state index contributed by atoms with van der Waals surface area (Å²) in [5.41, 5.74) is -0.396. The van der Waals surface area contributed by atoms with Crippen molar-refractivity contribution in [3.05, 3.63) is 29.6 Å². The minimum absolute atomic E-state index is 0.242. The highest BCUT2D eigenvalue weighted by atomic mass is 19.1. The second-order valence-electron chi connectivity index (χ2n) is 4.85. The minimum Gasteiger partial charge on any atom is -0.507 e. The summed E-state index contributed by atoms with van der Waals surface area (Å²) in [5, 5.41) is 12.4. The Morgan fingerprint density at radius 3 is 2.90 bits per heavy atom. The minimum atomic E-state index is -0.795. The lowest BCUT2D eigenvalue weighted by Crippen LogP contribution is -2.46. The zero-order valence-corrected chi connectivity index (χ0v) is 11.2.